The first kappa shape index (κ1) is 8.13. The number of aromatic nitrogens is 2. The maximum absolute atomic E-state index is 4.16. The molecule has 3 nitrogen and oxygen atoms in total. The molecule has 1 aliphatic rings. The standard InChI is InChI=1S/C8H13N3S/c1-2-9-5-7-10-11-8(12-7)6-3-4-6/h6,9H,2-5H2,1H3. The highest BCUT2D eigenvalue weighted by molar-refractivity contribution is 7.11. The summed E-state index contributed by atoms with van der Waals surface area (Å²) in [6, 6.07) is 0. The minimum atomic E-state index is 0.748. The molecule has 66 valence electrons. The Morgan fingerprint density at radius 1 is 1.50 bits per heavy atom. The Balaban J connectivity index is 1.93. The molecule has 2 rings (SSSR count). The first-order chi connectivity index (χ1) is 5.90. The van der Waals surface area contributed by atoms with Crippen LogP contribution in [0.3, 0.4) is 0 Å². The van der Waals surface area contributed by atoms with Gasteiger partial charge >= 0.3 is 0 Å². The van der Waals surface area contributed by atoms with Gasteiger partial charge in [-0.25, -0.2) is 0 Å². The molecule has 0 amide bonds. The number of nitrogens with zero attached hydrogens (tertiary/aromatic N) is 2. The van der Waals surface area contributed by atoms with E-state index in [0.29, 0.717) is 0 Å². The van der Waals surface area contributed by atoms with Crippen molar-refractivity contribution in [1.29, 1.82) is 0 Å². The van der Waals surface area contributed by atoms with Gasteiger partial charge in [0.15, 0.2) is 0 Å². The van der Waals surface area contributed by atoms with Crippen molar-refractivity contribution < 1.29 is 0 Å². The SMILES string of the molecule is CCNCc1nnc(C2CC2)s1. The van der Waals surface area contributed by atoms with Gasteiger partial charge in [-0.3, -0.25) is 0 Å². The van der Waals surface area contributed by atoms with Crippen LogP contribution >= 0.6 is 11.3 Å². The molecule has 1 aromatic rings. The van der Waals surface area contributed by atoms with Crippen molar-refractivity contribution in [3.8, 4) is 0 Å². The second kappa shape index (κ2) is 3.49. The van der Waals surface area contributed by atoms with Crippen molar-refractivity contribution in [3.05, 3.63) is 10.0 Å². The van der Waals surface area contributed by atoms with Crippen LogP contribution in [-0.2, 0) is 6.54 Å². The maximum Gasteiger partial charge on any atom is 0.131 e. The largest absolute Gasteiger partial charge is 0.311 e. The van der Waals surface area contributed by atoms with Gasteiger partial charge in [-0.1, -0.05) is 18.3 Å². The lowest BCUT2D eigenvalue weighted by Crippen LogP contribution is -2.11. The van der Waals surface area contributed by atoms with Gasteiger partial charge in [0, 0.05) is 12.5 Å². The monoisotopic (exact) mass is 183 g/mol. The summed E-state index contributed by atoms with van der Waals surface area (Å²) < 4.78 is 0. The lowest BCUT2D eigenvalue weighted by atomic mass is 10.5. The van der Waals surface area contributed by atoms with Gasteiger partial charge in [-0.2, -0.15) is 0 Å². The zero-order valence-electron chi connectivity index (χ0n) is 7.21. The third-order valence-corrected chi connectivity index (χ3v) is 3.02. The molecule has 1 heterocycles. The molecular weight excluding hydrogens is 170 g/mol. The molecule has 4 heteroatoms. The topological polar surface area (TPSA) is 37.8 Å². The Hall–Kier alpha value is -0.480. The van der Waals surface area contributed by atoms with Gasteiger partial charge in [0.25, 0.3) is 0 Å². The van der Waals surface area contributed by atoms with Crippen molar-refractivity contribution >= 4 is 11.3 Å². The predicted octanol–water partition coefficient (Wildman–Crippen LogP) is 1.52. The van der Waals surface area contributed by atoms with E-state index in [9.17, 15) is 0 Å². The van der Waals surface area contributed by atoms with Gasteiger partial charge in [0.1, 0.15) is 10.0 Å². The van der Waals surface area contributed by atoms with Crippen LogP contribution in [-0.4, -0.2) is 16.7 Å². The van der Waals surface area contributed by atoms with Crippen LogP contribution in [0.4, 0.5) is 0 Å². The number of hydrogen-bond acceptors (Lipinski definition) is 4. The molecule has 12 heavy (non-hydrogen) atoms. The van der Waals surface area contributed by atoms with Crippen molar-refractivity contribution in [2.75, 3.05) is 6.54 Å². The summed E-state index contributed by atoms with van der Waals surface area (Å²) in [7, 11) is 0. The molecule has 1 aliphatic carbocycles. The van der Waals surface area contributed by atoms with Crippen molar-refractivity contribution in [1.82, 2.24) is 15.5 Å². The molecular formula is C8H13N3S. The van der Waals surface area contributed by atoms with E-state index in [1.165, 1.54) is 17.8 Å². The average Bonchev–Trinajstić information content (AvgIpc) is 2.83. The summed E-state index contributed by atoms with van der Waals surface area (Å²) in [5.41, 5.74) is 0. The molecule has 0 saturated heterocycles. The van der Waals surface area contributed by atoms with E-state index in [4.69, 9.17) is 0 Å². The molecule has 1 saturated carbocycles. The third kappa shape index (κ3) is 1.81. The molecule has 0 aromatic carbocycles. The number of rotatable bonds is 4. The lowest BCUT2D eigenvalue weighted by molar-refractivity contribution is 0.714. The minimum Gasteiger partial charge on any atom is -0.311 e. The fourth-order valence-electron chi connectivity index (χ4n) is 1.07. The van der Waals surface area contributed by atoms with Crippen LogP contribution in [0.5, 0.6) is 0 Å². The van der Waals surface area contributed by atoms with Gasteiger partial charge in [-0.05, 0) is 19.4 Å². The van der Waals surface area contributed by atoms with Crippen LogP contribution in [0, 0.1) is 0 Å². The normalized spacial score (nSPS) is 16.8. The van der Waals surface area contributed by atoms with E-state index in [1.54, 1.807) is 11.3 Å². The zero-order valence-corrected chi connectivity index (χ0v) is 8.02. The fraction of sp³-hybridized carbons (Fsp3) is 0.750. The summed E-state index contributed by atoms with van der Waals surface area (Å²) in [5, 5.41) is 13.9. The van der Waals surface area contributed by atoms with E-state index in [-0.39, 0.29) is 0 Å². The summed E-state index contributed by atoms with van der Waals surface area (Å²) >= 11 is 1.76. The fourth-order valence-corrected chi connectivity index (χ4v) is 2.05. The van der Waals surface area contributed by atoms with Crippen LogP contribution in [0.25, 0.3) is 0 Å². The third-order valence-electron chi connectivity index (χ3n) is 1.94. The number of hydrogen-bond donors (Lipinski definition) is 1. The smallest absolute Gasteiger partial charge is 0.131 e. The van der Waals surface area contributed by atoms with E-state index in [1.807, 2.05) is 0 Å². The first-order valence-corrected chi connectivity index (χ1v) is 5.24. The Morgan fingerprint density at radius 2 is 2.33 bits per heavy atom. The summed E-state index contributed by atoms with van der Waals surface area (Å²) in [6.45, 7) is 3.97. The van der Waals surface area contributed by atoms with E-state index in [2.05, 4.69) is 22.4 Å². The van der Waals surface area contributed by atoms with Gasteiger partial charge in [-0.15, -0.1) is 10.2 Å². The molecule has 1 N–H and O–H groups in total. The molecule has 0 unspecified atom stereocenters. The van der Waals surface area contributed by atoms with Crippen LogP contribution < -0.4 is 5.32 Å². The zero-order chi connectivity index (χ0) is 8.39. The predicted molar refractivity (Wildman–Crippen MR) is 49.3 cm³/mol. The molecule has 1 aromatic heterocycles. The summed E-state index contributed by atoms with van der Waals surface area (Å²) in [5.74, 6) is 0.748. The van der Waals surface area contributed by atoms with Crippen LogP contribution in [0.1, 0.15) is 35.7 Å². The highest BCUT2D eigenvalue weighted by atomic mass is 32.1. The van der Waals surface area contributed by atoms with Gasteiger partial charge < -0.3 is 5.32 Å². The van der Waals surface area contributed by atoms with Gasteiger partial charge in [0.05, 0.1) is 0 Å². The molecule has 0 aliphatic heterocycles. The number of nitrogens with one attached hydrogen (secondary N) is 1. The molecule has 0 atom stereocenters. The highest BCUT2D eigenvalue weighted by Crippen LogP contribution is 2.41. The molecule has 1 fully saturated rings. The quantitative estimate of drug-likeness (QED) is 0.769. The van der Waals surface area contributed by atoms with E-state index < -0.39 is 0 Å². The highest BCUT2D eigenvalue weighted by Gasteiger charge is 2.27. The lowest BCUT2D eigenvalue weighted by Gasteiger charge is -1.93. The average molecular weight is 183 g/mol. The Kier molecular flexibility index (Phi) is 2.37. The van der Waals surface area contributed by atoms with Crippen molar-refractivity contribution in [2.45, 2.75) is 32.2 Å². The van der Waals surface area contributed by atoms with Crippen LogP contribution in [0.2, 0.25) is 0 Å². The van der Waals surface area contributed by atoms with Crippen molar-refractivity contribution in [3.63, 3.8) is 0 Å². The first-order valence-electron chi connectivity index (χ1n) is 4.43. The Morgan fingerprint density at radius 3 is 3.00 bits per heavy atom. The molecule has 0 spiro atoms. The Bertz CT molecular complexity index is 255. The van der Waals surface area contributed by atoms with Crippen LogP contribution in [0.15, 0.2) is 0 Å². The van der Waals surface area contributed by atoms with E-state index in [0.717, 1.165) is 24.0 Å². The second-order valence-electron chi connectivity index (χ2n) is 3.09. The summed E-state index contributed by atoms with van der Waals surface area (Å²) in [6.07, 6.45) is 2.63. The minimum absolute atomic E-state index is 0.748. The maximum atomic E-state index is 4.16. The second-order valence-corrected chi connectivity index (χ2v) is 4.18. The van der Waals surface area contributed by atoms with E-state index >= 15 is 0 Å². The summed E-state index contributed by atoms with van der Waals surface area (Å²) in [4.78, 5) is 0. The molecule has 0 bridgehead atoms. The Labute approximate surface area is 76.2 Å². The van der Waals surface area contributed by atoms with Gasteiger partial charge in [0.2, 0.25) is 0 Å². The van der Waals surface area contributed by atoms with Crippen molar-refractivity contribution in [2.24, 2.45) is 0 Å². The molecule has 0 radical (unpaired) electrons.